The molecule has 1 N–H and O–H groups in total. The number of carbonyl (C=O) groups is 2. The first kappa shape index (κ1) is 12.3. The van der Waals surface area contributed by atoms with E-state index in [-0.39, 0.29) is 22.2 Å². The summed E-state index contributed by atoms with van der Waals surface area (Å²) in [6.07, 6.45) is 1.25. The van der Waals surface area contributed by atoms with Crippen LogP contribution in [0.15, 0.2) is 23.7 Å². The van der Waals surface area contributed by atoms with E-state index in [1.807, 2.05) is 0 Å². The zero-order valence-electron chi connectivity index (χ0n) is 9.31. The molecule has 0 atom stereocenters. The van der Waals surface area contributed by atoms with Crippen molar-refractivity contribution < 1.29 is 14.0 Å². The molecular weight excluding hydrogens is 257 g/mol. The summed E-state index contributed by atoms with van der Waals surface area (Å²) < 4.78 is 13.2. The lowest BCUT2D eigenvalue weighted by Gasteiger charge is -2.01. The molecular formula is C11H8FN3O2S. The second kappa shape index (κ2) is 5.01. The minimum absolute atomic E-state index is 0.169. The van der Waals surface area contributed by atoms with Crippen molar-refractivity contribution >= 4 is 28.2 Å². The van der Waals surface area contributed by atoms with Gasteiger partial charge in [0.1, 0.15) is 5.69 Å². The van der Waals surface area contributed by atoms with Crippen molar-refractivity contribution in [3.63, 3.8) is 0 Å². The first-order valence-electron chi connectivity index (χ1n) is 4.96. The Morgan fingerprint density at radius 1 is 1.44 bits per heavy atom. The summed E-state index contributed by atoms with van der Waals surface area (Å²) in [6, 6.07) is 2.78. The molecule has 2 aromatic rings. The number of rotatable bonds is 3. The van der Waals surface area contributed by atoms with Crippen molar-refractivity contribution in [1.82, 2.24) is 9.97 Å². The van der Waals surface area contributed by atoms with E-state index >= 15 is 0 Å². The van der Waals surface area contributed by atoms with Gasteiger partial charge in [-0.05, 0) is 12.1 Å². The Morgan fingerprint density at radius 2 is 2.22 bits per heavy atom. The monoisotopic (exact) mass is 265 g/mol. The number of nitrogens with zero attached hydrogens (tertiary/aromatic N) is 2. The van der Waals surface area contributed by atoms with Crippen molar-refractivity contribution in [1.29, 1.82) is 0 Å². The highest BCUT2D eigenvalue weighted by atomic mass is 32.1. The molecule has 0 unspecified atom stereocenters. The van der Waals surface area contributed by atoms with Gasteiger partial charge in [0.05, 0.1) is 5.56 Å². The average molecular weight is 265 g/mol. The number of aromatic nitrogens is 2. The largest absolute Gasteiger partial charge is 0.298 e. The molecule has 5 nitrogen and oxygen atoms in total. The van der Waals surface area contributed by atoms with E-state index in [4.69, 9.17) is 0 Å². The Hall–Kier alpha value is -2.15. The predicted molar refractivity (Wildman–Crippen MR) is 64.3 cm³/mol. The maximum atomic E-state index is 13.2. The van der Waals surface area contributed by atoms with Gasteiger partial charge in [-0.1, -0.05) is 0 Å². The SMILES string of the molecule is CC(=O)c1csc(NC(=O)c2cccnc2F)n1. The van der Waals surface area contributed by atoms with E-state index < -0.39 is 11.9 Å². The van der Waals surface area contributed by atoms with Gasteiger partial charge in [0.15, 0.2) is 10.9 Å². The topological polar surface area (TPSA) is 72.0 Å². The molecule has 0 spiro atoms. The van der Waals surface area contributed by atoms with Crippen molar-refractivity contribution in [2.75, 3.05) is 5.32 Å². The maximum Gasteiger partial charge on any atom is 0.262 e. The summed E-state index contributed by atoms with van der Waals surface area (Å²) in [5.74, 6) is -1.69. The average Bonchev–Trinajstić information content (AvgIpc) is 2.78. The quantitative estimate of drug-likeness (QED) is 0.681. The zero-order valence-corrected chi connectivity index (χ0v) is 10.1. The first-order chi connectivity index (χ1) is 8.58. The van der Waals surface area contributed by atoms with E-state index in [2.05, 4.69) is 15.3 Å². The van der Waals surface area contributed by atoms with Crippen molar-refractivity contribution in [3.05, 3.63) is 40.9 Å². The maximum absolute atomic E-state index is 13.2. The predicted octanol–water partition coefficient (Wildman–Crippen LogP) is 2.13. The van der Waals surface area contributed by atoms with E-state index in [9.17, 15) is 14.0 Å². The van der Waals surface area contributed by atoms with Crippen LogP contribution in [0.1, 0.15) is 27.8 Å². The Balaban J connectivity index is 2.16. The summed E-state index contributed by atoms with van der Waals surface area (Å²) in [7, 11) is 0. The first-order valence-corrected chi connectivity index (χ1v) is 5.84. The summed E-state index contributed by atoms with van der Waals surface area (Å²) >= 11 is 1.10. The second-order valence-electron chi connectivity index (χ2n) is 3.39. The Labute approximate surface area is 106 Å². The lowest BCUT2D eigenvalue weighted by molar-refractivity contribution is 0.100. The van der Waals surface area contributed by atoms with Gasteiger partial charge < -0.3 is 0 Å². The highest BCUT2D eigenvalue weighted by Gasteiger charge is 2.14. The summed E-state index contributed by atoms with van der Waals surface area (Å²) in [5, 5.41) is 4.18. The van der Waals surface area contributed by atoms with Gasteiger partial charge in [-0.2, -0.15) is 4.39 Å². The molecule has 2 aromatic heterocycles. The Bertz CT molecular complexity index is 612. The van der Waals surface area contributed by atoms with Crippen LogP contribution in [0, 0.1) is 5.95 Å². The minimum atomic E-state index is -0.849. The molecule has 18 heavy (non-hydrogen) atoms. The molecule has 0 saturated carbocycles. The molecule has 0 aliphatic carbocycles. The number of amides is 1. The smallest absolute Gasteiger partial charge is 0.262 e. The van der Waals surface area contributed by atoms with Crippen LogP contribution in [-0.4, -0.2) is 21.7 Å². The third-order valence-corrected chi connectivity index (χ3v) is 2.85. The fraction of sp³-hybridized carbons (Fsp3) is 0.0909. The fourth-order valence-corrected chi connectivity index (χ4v) is 1.96. The molecule has 1 amide bonds. The van der Waals surface area contributed by atoms with Crippen LogP contribution in [0.2, 0.25) is 0 Å². The van der Waals surface area contributed by atoms with Gasteiger partial charge in [-0.15, -0.1) is 11.3 Å². The molecule has 0 bridgehead atoms. The van der Waals surface area contributed by atoms with Crippen LogP contribution < -0.4 is 5.32 Å². The Morgan fingerprint density at radius 3 is 2.83 bits per heavy atom. The number of thiazole rings is 1. The summed E-state index contributed by atoms with van der Waals surface area (Å²) in [4.78, 5) is 30.0. The third-order valence-electron chi connectivity index (χ3n) is 2.09. The number of ketones is 1. The standard InChI is InChI=1S/C11H8FN3O2S/c1-6(16)8-5-18-11(14-8)15-10(17)7-3-2-4-13-9(7)12/h2-5H,1H3,(H,14,15,17). The van der Waals surface area contributed by atoms with Crippen molar-refractivity contribution in [2.24, 2.45) is 0 Å². The van der Waals surface area contributed by atoms with Crippen molar-refractivity contribution in [3.8, 4) is 0 Å². The number of hydrogen-bond donors (Lipinski definition) is 1. The number of hydrogen-bond acceptors (Lipinski definition) is 5. The van der Waals surface area contributed by atoms with E-state index in [1.54, 1.807) is 0 Å². The van der Waals surface area contributed by atoms with E-state index in [0.717, 1.165) is 11.3 Å². The highest BCUT2D eigenvalue weighted by Crippen LogP contribution is 2.17. The molecule has 2 heterocycles. The number of nitrogens with one attached hydrogen (secondary N) is 1. The number of Topliss-reactive ketones (excluding diaryl/α,β-unsaturated/α-hetero) is 1. The number of carbonyl (C=O) groups excluding carboxylic acids is 2. The molecule has 0 saturated heterocycles. The molecule has 0 aliphatic rings. The van der Waals surface area contributed by atoms with Gasteiger partial charge in [-0.3, -0.25) is 14.9 Å². The van der Waals surface area contributed by atoms with Gasteiger partial charge in [0.2, 0.25) is 5.95 Å². The molecule has 0 radical (unpaired) electrons. The van der Waals surface area contributed by atoms with Crippen molar-refractivity contribution in [2.45, 2.75) is 6.92 Å². The minimum Gasteiger partial charge on any atom is -0.298 e. The van der Waals surface area contributed by atoms with E-state index in [0.29, 0.717) is 0 Å². The van der Waals surface area contributed by atoms with Crippen LogP contribution >= 0.6 is 11.3 Å². The summed E-state index contributed by atoms with van der Waals surface area (Å²) in [6.45, 7) is 1.38. The molecule has 0 aliphatic heterocycles. The lowest BCUT2D eigenvalue weighted by Crippen LogP contribution is -2.14. The number of pyridine rings is 1. The molecule has 92 valence electrons. The summed E-state index contributed by atoms with van der Waals surface area (Å²) in [5.41, 5.74) is 0.0963. The normalized spacial score (nSPS) is 10.1. The third kappa shape index (κ3) is 2.57. The molecule has 2 rings (SSSR count). The Kier molecular flexibility index (Phi) is 3.42. The van der Waals surface area contributed by atoms with Gasteiger partial charge >= 0.3 is 0 Å². The van der Waals surface area contributed by atoms with Gasteiger partial charge in [-0.25, -0.2) is 9.97 Å². The van der Waals surface area contributed by atoms with Crippen LogP contribution in [-0.2, 0) is 0 Å². The number of anilines is 1. The van der Waals surface area contributed by atoms with Crippen LogP contribution in [0.5, 0.6) is 0 Å². The van der Waals surface area contributed by atoms with Gasteiger partial charge in [0.25, 0.3) is 5.91 Å². The zero-order chi connectivity index (χ0) is 13.1. The molecule has 0 aromatic carbocycles. The second-order valence-corrected chi connectivity index (χ2v) is 4.25. The lowest BCUT2D eigenvalue weighted by atomic mass is 10.2. The van der Waals surface area contributed by atoms with Gasteiger partial charge in [0, 0.05) is 18.5 Å². The molecule has 0 fully saturated rings. The molecule has 7 heteroatoms. The van der Waals surface area contributed by atoms with E-state index in [1.165, 1.54) is 30.6 Å². The van der Waals surface area contributed by atoms with Crippen LogP contribution in [0.3, 0.4) is 0 Å². The van der Waals surface area contributed by atoms with Crippen LogP contribution in [0.25, 0.3) is 0 Å². The highest BCUT2D eigenvalue weighted by molar-refractivity contribution is 7.14. The number of halogens is 1. The van der Waals surface area contributed by atoms with Crippen LogP contribution in [0.4, 0.5) is 9.52 Å². The fourth-order valence-electron chi connectivity index (χ4n) is 1.21.